The van der Waals surface area contributed by atoms with E-state index in [1.807, 2.05) is 24.3 Å². The van der Waals surface area contributed by atoms with Gasteiger partial charge in [-0.25, -0.2) is 18.3 Å². The van der Waals surface area contributed by atoms with Crippen molar-refractivity contribution in [2.24, 2.45) is 0 Å². The van der Waals surface area contributed by atoms with Crippen molar-refractivity contribution in [3.8, 4) is 0 Å². The molecule has 4 heterocycles. The Morgan fingerprint density at radius 1 is 1.26 bits per heavy atom. The SMILES string of the molecule is Nc1ncnn2c(Br)cc(N3CCCC(c4cc(C(F)F)sc4C(=O)Nc4ccccc4)C3)c12. The van der Waals surface area contributed by atoms with Gasteiger partial charge >= 0.3 is 0 Å². The van der Waals surface area contributed by atoms with E-state index in [9.17, 15) is 13.6 Å². The highest BCUT2D eigenvalue weighted by Gasteiger charge is 2.30. The molecular formula is C23H21BrF2N6OS. The molecule has 1 unspecified atom stereocenters. The number of halogens is 3. The van der Waals surface area contributed by atoms with Gasteiger partial charge < -0.3 is 16.0 Å². The van der Waals surface area contributed by atoms with E-state index in [0.717, 1.165) is 41.0 Å². The number of nitrogen functional groups attached to an aromatic ring is 1. The Morgan fingerprint density at radius 3 is 2.82 bits per heavy atom. The summed E-state index contributed by atoms with van der Waals surface area (Å²) in [6.45, 7) is 1.33. The third kappa shape index (κ3) is 4.25. The van der Waals surface area contributed by atoms with Gasteiger partial charge in [0.15, 0.2) is 5.82 Å². The summed E-state index contributed by atoms with van der Waals surface area (Å²) >= 11 is 4.38. The number of nitrogens with zero attached hydrogens (tertiary/aromatic N) is 4. The van der Waals surface area contributed by atoms with Crippen LogP contribution in [0, 0.1) is 0 Å². The van der Waals surface area contributed by atoms with Crippen molar-refractivity contribution in [2.45, 2.75) is 25.2 Å². The Hall–Kier alpha value is -3.05. The van der Waals surface area contributed by atoms with Crippen LogP contribution in [0.2, 0.25) is 0 Å². The van der Waals surface area contributed by atoms with Crippen LogP contribution in [0.3, 0.4) is 0 Å². The molecule has 1 saturated heterocycles. The van der Waals surface area contributed by atoms with Crippen LogP contribution in [0.15, 0.2) is 53.4 Å². The van der Waals surface area contributed by atoms with E-state index >= 15 is 0 Å². The van der Waals surface area contributed by atoms with Crippen LogP contribution < -0.4 is 16.0 Å². The second kappa shape index (κ2) is 9.30. The maximum absolute atomic E-state index is 13.6. The number of anilines is 3. The minimum Gasteiger partial charge on any atom is -0.382 e. The highest BCUT2D eigenvalue weighted by Crippen LogP contribution is 2.40. The number of fused-ring (bicyclic) bond motifs is 1. The van der Waals surface area contributed by atoms with E-state index in [1.165, 1.54) is 12.4 Å². The number of thiophene rings is 1. The first-order valence-electron chi connectivity index (χ1n) is 10.7. The maximum atomic E-state index is 13.6. The summed E-state index contributed by atoms with van der Waals surface area (Å²) in [4.78, 5) is 19.6. The number of amides is 1. The molecule has 7 nitrogen and oxygen atoms in total. The maximum Gasteiger partial charge on any atom is 0.272 e. The van der Waals surface area contributed by atoms with Crippen molar-refractivity contribution >= 4 is 55.9 Å². The Balaban J connectivity index is 1.47. The van der Waals surface area contributed by atoms with E-state index < -0.39 is 6.43 Å². The van der Waals surface area contributed by atoms with Gasteiger partial charge in [0, 0.05) is 24.7 Å². The van der Waals surface area contributed by atoms with E-state index in [0.29, 0.717) is 34.0 Å². The number of hydrogen-bond donors (Lipinski definition) is 2. The fourth-order valence-electron chi connectivity index (χ4n) is 4.42. The highest BCUT2D eigenvalue weighted by atomic mass is 79.9. The molecule has 1 atom stereocenters. The first-order valence-corrected chi connectivity index (χ1v) is 12.3. The van der Waals surface area contributed by atoms with Crippen molar-refractivity contribution in [3.63, 3.8) is 0 Å². The molecule has 0 bridgehead atoms. The molecule has 4 aromatic rings. The summed E-state index contributed by atoms with van der Waals surface area (Å²) in [5.74, 6) is -0.102. The highest BCUT2D eigenvalue weighted by molar-refractivity contribution is 9.10. The van der Waals surface area contributed by atoms with Crippen LogP contribution in [-0.4, -0.2) is 33.6 Å². The Labute approximate surface area is 206 Å². The van der Waals surface area contributed by atoms with E-state index in [4.69, 9.17) is 5.73 Å². The molecule has 0 radical (unpaired) electrons. The molecule has 1 aromatic carbocycles. The molecule has 0 aliphatic carbocycles. The quantitative estimate of drug-likeness (QED) is 0.334. The monoisotopic (exact) mass is 546 g/mol. The predicted molar refractivity (Wildman–Crippen MR) is 133 cm³/mol. The lowest BCUT2D eigenvalue weighted by Gasteiger charge is -2.34. The van der Waals surface area contributed by atoms with Crippen molar-refractivity contribution in [2.75, 3.05) is 29.0 Å². The predicted octanol–water partition coefficient (Wildman–Crippen LogP) is 5.71. The molecule has 1 aliphatic heterocycles. The van der Waals surface area contributed by atoms with Crippen molar-refractivity contribution in [1.29, 1.82) is 0 Å². The van der Waals surface area contributed by atoms with Crippen LogP contribution >= 0.6 is 27.3 Å². The number of carbonyl (C=O) groups excluding carboxylic acids is 1. The zero-order valence-corrected chi connectivity index (χ0v) is 20.3. The molecule has 3 N–H and O–H groups in total. The van der Waals surface area contributed by atoms with Gasteiger partial charge in [-0.15, -0.1) is 11.3 Å². The van der Waals surface area contributed by atoms with Crippen LogP contribution in [0.5, 0.6) is 0 Å². The van der Waals surface area contributed by atoms with Crippen molar-refractivity contribution in [3.05, 3.63) is 68.7 Å². The van der Waals surface area contributed by atoms with E-state index in [1.54, 1.807) is 16.6 Å². The standard InChI is InChI=1S/C23H21BrF2N6OS/c24-18-10-16(19-22(27)28-12-29-32(18)19)31-8-4-5-13(11-31)15-9-17(21(25)26)34-20(15)23(33)30-14-6-2-1-3-7-14/h1-3,6-7,9-10,12-13,21H,4-5,8,11H2,(H,30,33)(H2,27,28,29). The number of hydrogen-bond acceptors (Lipinski definition) is 6. The Kier molecular flexibility index (Phi) is 6.22. The zero-order valence-electron chi connectivity index (χ0n) is 17.9. The van der Waals surface area contributed by atoms with Gasteiger partial charge in [-0.05, 0) is 58.6 Å². The molecule has 0 saturated carbocycles. The largest absolute Gasteiger partial charge is 0.382 e. The van der Waals surface area contributed by atoms with Gasteiger partial charge in [0.1, 0.15) is 16.4 Å². The molecule has 1 aliphatic rings. The summed E-state index contributed by atoms with van der Waals surface area (Å²) < 4.78 is 29.7. The fraction of sp³-hybridized carbons (Fsp3) is 0.261. The smallest absolute Gasteiger partial charge is 0.272 e. The normalized spacial score (nSPS) is 16.4. The molecule has 0 spiro atoms. The fourth-order valence-corrected chi connectivity index (χ4v) is 5.91. The number of alkyl halides is 2. The van der Waals surface area contributed by atoms with Gasteiger partial charge in [0.05, 0.1) is 15.4 Å². The Bertz CT molecular complexity index is 1340. The number of nitrogens with two attached hydrogens (primary N) is 1. The van der Waals surface area contributed by atoms with Gasteiger partial charge in [0.25, 0.3) is 12.3 Å². The molecule has 5 rings (SSSR count). The van der Waals surface area contributed by atoms with Gasteiger partial charge in [-0.3, -0.25) is 4.79 Å². The average Bonchev–Trinajstić information content (AvgIpc) is 3.43. The van der Waals surface area contributed by atoms with Gasteiger partial charge in [0.2, 0.25) is 0 Å². The minimum absolute atomic E-state index is 0.0893. The third-order valence-electron chi connectivity index (χ3n) is 5.95. The summed E-state index contributed by atoms with van der Waals surface area (Å²) in [7, 11) is 0. The van der Waals surface area contributed by atoms with Crippen LogP contribution in [0.4, 0.5) is 26.0 Å². The van der Waals surface area contributed by atoms with Crippen LogP contribution in [-0.2, 0) is 0 Å². The summed E-state index contributed by atoms with van der Waals surface area (Å²) in [5.41, 5.74) is 8.98. The number of aromatic nitrogens is 3. The number of piperidine rings is 1. The summed E-state index contributed by atoms with van der Waals surface area (Å²) in [6, 6.07) is 12.4. The lowest BCUT2D eigenvalue weighted by Crippen LogP contribution is -2.34. The molecule has 3 aromatic heterocycles. The first-order chi connectivity index (χ1) is 16.4. The molecule has 176 valence electrons. The second-order valence-electron chi connectivity index (χ2n) is 8.10. The van der Waals surface area contributed by atoms with Crippen molar-refractivity contribution < 1.29 is 13.6 Å². The number of benzene rings is 1. The lowest BCUT2D eigenvalue weighted by molar-refractivity contribution is 0.102. The molecular weight excluding hydrogens is 526 g/mol. The van der Waals surface area contributed by atoms with Gasteiger partial charge in [-0.2, -0.15) is 5.10 Å². The zero-order chi connectivity index (χ0) is 23.8. The Morgan fingerprint density at radius 2 is 2.06 bits per heavy atom. The average molecular weight is 547 g/mol. The number of para-hydroxylation sites is 1. The molecule has 11 heteroatoms. The number of rotatable bonds is 5. The third-order valence-corrected chi connectivity index (χ3v) is 7.68. The number of carbonyl (C=O) groups is 1. The lowest BCUT2D eigenvalue weighted by atomic mass is 9.90. The minimum atomic E-state index is -2.63. The van der Waals surface area contributed by atoms with Crippen LogP contribution in [0.1, 0.15) is 45.3 Å². The molecule has 1 fully saturated rings. The summed E-state index contributed by atoms with van der Waals surface area (Å²) in [6.07, 6.45) is 0.392. The second-order valence-corrected chi connectivity index (χ2v) is 9.99. The topological polar surface area (TPSA) is 88.5 Å². The summed E-state index contributed by atoms with van der Waals surface area (Å²) in [5, 5.41) is 7.09. The van der Waals surface area contributed by atoms with Crippen LogP contribution in [0.25, 0.3) is 5.52 Å². The van der Waals surface area contributed by atoms with E-state index in [-0.39, 0.29) is 16.7 Å². The van der Waals surface area contributed by atoms with Crippen molar-refractivity contribution in [1.82, 2.24) is 14.6 Å². The molecule has 1 amide bonds. The molecule has 34 heavy (non-hydrogen) atoms. The van der Waals surface area contributed by atoms with E-state index in [2.05, 4.69) is 36.2 Å². The van der Waals surface area contributed by atoms with Gasteiger partial charge in [-0.1, -0.05) is 18.2 Å². The number of nitrogens with one attached hydrogen (secondary N) is 1. The first kappa shape index (κ1) is 22.7.